The number of hydrogen-bond acceptors (Lipinski definition) is 3. The molecule has 0 saturated heterocycles. The van der Waals surface area contributed by atoms with Crippen LogP contribution in [-0.2, 0) is 0 Å². The van der Waals surface area contributed by atoms with Crippen molar-refractivity contribution < 1.29 is 14.3 Å². The van der Waals surface area contributed by atoms with Gasteiger partial charge in [0.1, 0.15) is 0 Å². The highest BCUT2D eigenvalue weighted by atomic mass is 35.5. The van der Waals surface area contributed by atoms with Gasteiger partial charge in [-0.3, -0.25) is 0 Å². The van der Waals surface area contributed by atoms with E-state index in [0.29, 0.717) is 28.8 Å². The van der Waals surface area contributed by atoms with Crippen molar-refractivity contribution >= 4 is 34.2 Å². The molecule has 1 heterocycles. The summed E-state index contributed by atoms with van der Waals surface area (Å²) in [5, 5.41) is 7.43. The fourth-order valence-electron chi connectivity index (χ4n) is 3.94. The van der Waals surface area contributed by atoms with Gasteiger partial charge in [0.15, 0.2) is 11.5 Å². The molecule has 6 nitrogen and oxygen atoms in total. The maximum atomic E-state index is 12.7. The molecule has 2 amide bonds. The highest BCUT2D eigenvalue weighted by molar-refractivity contribution is 6.33. The molecule has 33 heavy (non-hydrogen) atoms. The molecule has 0 unspecified atom stereocenters. The Hall–Kier alpha value is -3.64. The van der Waals surface area contributed by atoms with Crippen molar-refractivity contribution in [2.24, 2.45) is 0 Å². The lowest BCUT2D eigenvalue weighted by molar-refractivity contribution is 0.252. The number of benzene rings is 3. The van der Waals surface area contributed by atoms with Crippen molar-refractivity contribution in [1.82, 2.24) is 10.3 Å². The largest absolute Gasteiger partial charge is 0.493 e. The molecule has 170 valence electrons. The summed E-state index contributed by atoms with van der Waals surface area (Å²) in [7, 11) is 3.22. The molecule has 0 radical (unpaired) electrons. The van der Waals surface area contributed by atoms with Crippen molar-refractivity contribution in [1.29, 1.82) is 0 Å². The van der Waals surface area contributed by atoms with Crippen molar-refractivity contribution in [2.45, 2.75) is 12.8 Å². The second kappa shape index (κ2) is 9.88. The van der Waals surface area contributed by atoms with Crippen LogP contribution in [0.1, 0.15) is 22.6 Å². The van der Waals surface area contributed by atoms with Gasteiger partial charge in [0.25, 0.3) is 0 Å². The van der Waals surface area contributed by atoms with Gasteiger partial charge < -0.3 is 25.1 Å². The lowest BCUT2D eigenvalue weighted by Gasteiger charge is -2.20. The maximum absolute atomic E-state index is 12.7. The van der Waals surface area contributed by atoms with E-state index in [2.05, 4.69) is 21.7 Å². The molecule has 0 saturated carbocycles. The van der Waals surface area contributed by atoms with E-state index in [1.807, 2.05) is 61.7 Å². The zero-order valence-corrected chi connectivity index (χ0v) is 19.5. The molecule has 0 spiro atoms. The number of aromatic amines is 1. The minimum absolute atomic E-state index is 0.125. The number of carbonyl (C=O) groups excluding carboxylic acids is 1. The summed E-state index contributed by atoms with van der Waals surface area (Å²) in [4.78, 5) is 16.0. The first-order valence-electron chi connectivity index (χ1n) is 10.6. The number of hydrogen-bond donors (Lipinski definition) is 3. The van der Waals surface area contributed by atoms with Gasteiger partial charge in [-0.15, -0.1) is 0 Å². The molecule has 1 aromatic heterocycles. The second-order valence-corrected chi connectivity index (χ2v) is 8.18. The number of anilines is 1. The molecule has 1 atom stereocenters. The average Bonchev–Trinajstić information content (AvgIpc) is 3.25. The van der Waals surface area contributed by atoms with E-state index in [4.69, 9.17) is 21.1 Å². The number of amides is 2. The maximum Gasteiger partial charge on any atom is 0.319 e. The molecule has 0 aliphatic carbocycles. The zero-order valence-electron chi connectivity index (χ0n) is 18.7. The predicted molar refractivity (Wildman–Crippen MR) is 133 cm³/mol. The zero-order chi connectivity index (χ0) is 23.4. The van der Waals surface area contributed by atoms with Crippen LogP contribution in [0.2, 0.25) is 5.02 Å². The van der Waals surface area contributed by atoms with Gasteiger partial charge >= 0.3 is 6.03 Å². The lowest BCUT2D eigenvalue weighted by atomic mass is 9.90. The minimum Gasteiger partial charge on any atom is -0.493 e. The van der Waals surface area contributed by atoms with Gasteiger partial charge in [-0.1, -0.05) is 41.9 Å². The first kappa shape index (κ1) is 22.6. The van der Waals surface area contributed by atoms with Gasteiger partial charge in [0.2, 0.25) is 0 Å². The Kier molecular flexibility index (Phi) is 6.75. The summed E-state index contributed by atoms with van der Waals surface area (Å²) < 4.78 is 10.9. The van der Waals surface area contributed by atoms with Gasteiger partial charge in [-0.05, 0) is 53.9 Å². The van der Waals surface area contributed by atoms with E-state index in [9.17, 15) is 4.79 Å². The molecule has 3 N–H and O–H groups in total. The highest BCUT2D eigenvalue weighted by Crippen LogP contribution is 2.35. The fourth-order valence-corrected chi connectivity index (χ4v) is 4.22. The average molecular weight is 464 g/mol. The van der Waals surface area contributed by atoms with Gasteiger partial charge in [0, 0.05) is 29.6 Å². The number of halogens is 1. The Morgan fingerprint density at radius 1 is 1.03 bits per heavy atom. The summed E-state index contributed by atoms with van der Waals surface area (Å²) in [6.07, 6.45) is 1.99. The molecule has 3 aromatic carbocycles. The topological polar surface area (TPSA) is 75.4 Å². The monoisotopic (exact) mass is 463 g/mol. The Balaban J connectivity index is 1.62. The molecular weight excluding hydrogens is 438 g/mol. The second-order valence-electron chi connectivity index (χ2n) is 7.77. The normalized spacial score (nSPS) is 11.8. The summed E-state index contributed by atoms with van der Waals surface area (Å²) in [6, 6.07) is 19.1. The van der Waals surface area contributed by atoms with E-state index < -0.39 is 0 Å². The van der Waals surface area contributed by atoms with Crippen LogP contribution in [0.3, 0.4) is 0 Å². The van der Waals surface area contributed by atoms with Crippen molar-refractivity contribution in [2.75, 3.05) is 26.1 Å². The van der Waals surface area contributed by atoms with E-state index >= 15 is 0 Å². The van der Waals surface area contributed by atoms with Crippen molar-refractivity contribution in [3.05, 3.63) is 88.6 Å². The Bertz CT molecular complexity index is 1290. The summed E-state index contributed by atoms with van der Waals surface area (Å²) in [5.74, 6) is 1.16. The van der Waals surface area contributed by atoms with E-state index in [-0.39, 0.29) is 11.9 Å². The molecular formula is C26H26ClN3O3. The van der Waals surface area contributed by atoms with Crippen LogP contribution in [-0.4, -0.2) is 31.8 Å². The van der Waals surface area contributed by atoms with Gasteiger partial charge in [-0.25, -0.2) is 4.79 Å². The van der Waals surface area contributed by atoms with Crippen LogP contribution in [0.5, 0.6) is 11.5 Å². The van der Waals surface area contributed by atoms with E-state index in [1.54, 1.807) is 20.3 Å². The number of nitrogens with one attached hydrogen (secondary N) is 3. The molecule has 0 bridgehead atoms. The first-order valence-corrected chi connectivity index (χ1v) is 11.0. The Morgan fingerprint density at radius 2 is 1.82 bits per heavy atom. The Morgan fingerprint density at radius 3 is 2.58 bits per heavy atom. The number of H-pyrrole nitrogens is 1. The number of aromatic nitrogens is 1. The number of para-hydroxylation sites is 1. The number of ether oxygens (including phenoxy) is 2. The van der Waals surface area contributed by atoms with Gasteiger partial charge in [0.05, 0.1) is 24.9 Å². The smallest absolute Gasteiger partial charge is 0.319 e. The van der Waals surface area contributed by atoms with Crippen LogP contribution in [0.15, 0.2) is 66.9 Å². The number of rotatable bonds is 7. The summed E-state index contributed by atoms with van der Waals surface area (Å²) in [5.41, 5.74) is 4.69. The Labute approximate surface area is 197 Å². The van der Waals surface area contributed by atoms with Crippen LogP contribution in [0.4, 0.5) is 10.5 Å². The number of methoxy groups -OCH3 is 2. The number of aryl methyl sites for hydroxylation is 1. The van der Waals surface area contributed by atoms with Crippen LogP contribution in [0.25, 0.3) is 10.9 Å². The molecule has 4 rings (SSSR count). The standard InChI is InChI=1S/C26H26ClN3O3/c1-16-8-10-23(21(27)12-16)30-26(31)29-14-19(17-9-11-24(32-2)25(13-17)33-3)20-15-28-22-7-5-4-6-18(20)22/h4-13,15,19,28H,14H2,1-3H3,(H2,29,30,31)/t19-/m1/s1. The van der Waals surface area contributed by atoms with Crippen molar-refractivity contribution in [3.8, 4) is 11.5 Å². The third kappa shape index (κ3) is 4.91. The third-order valence-electron chi connectivity index (χ3n) is 5.65. The molecule has 7 heteroatoms. The summed E-state index contributed by atoms with van der Waals surface area (Å²) >= 11 is 6.27. The van der Waals surface area contributed by atoms with E-state index in [1.165, 1.54) is 0 Å². The first-order chi connectivity index (χ1) is 16.0. The highest BCUT2D eigenvalue weighted by Gasteiger charge is 2.21. The predicted octanol–water partition coefficient (Wildman–Crippen LogP) is 6.10. The number of carbonyl (C=O) groups is 1. The number of urea groups is 1. The quantitative estimate of drug-likeness (QED) is 0.310. The molecule has 0 aliphatic heterocycles. The van der Waals surface area contributed by atoms with Crippen molar-refractivity contribution in [3.63, 3.8) is 0 Å². The number of fused-ring (bicyclic) bond motifs is 1. The van der Waals surface area contributed by atoms with Gasteiger partial charge in [-0.2, -0.15) is 0 Å². The van der Waals surface area contributed by atoms with E-state index in [0.717, 1.165) is 27.6 Å². The molecule has 0 fully saturated rings. The van der Waals surface area contributed by atoms with Crippen LogP contribution < -0.4 is 20.1 Å². The SMILES string of the molecule is COc1ccc([C@@H](CNC(=O)Nc2ccc(C)cc2Cl)c2c[nH]c3ccccc23)cc1OC. The third-order valence-corrected chi connectivity index (χ3v) is 5.96. The summed E-state index contributed by atoms with van der Waals surface area (Å²) in [6.45, 7) is 2.32. The fraction of sp³-hybridized carbons (Fsp3) is 0.192. The van der Waals surface area contributed by atoms with Crippen LogP contribution >= 0.6 is 11.6 Å². The minimum atomic E-state index is -0.328. The van der Waals surface area contributed by atoms with Crippen LogP contribution in [0, 0.1) is 6.92 Å². The molecule has 0 aliphatic rings. The molecule has 4 aromatic rings. The lowest BCUT2D eigenvalue weighted by Crippen LogP contribution is -2.32.